The fourth-order valence-electron chi connectivity index (χ4n) is 1.84. The Kier molecular flexibility index (Phi) is 2.87. The maximum atomic E-state index is 12.2. The molecule has 0 radical (unpaired) electrons. The second-order valence-electron chi connectivity index (χ2n) is 4.20. The average Bonchev–Trinajstić information content (AvgIpc) is 3.06. The number of fused-ring (bicyclic) bond motifs is 1. The van der Waals surface area contributed by atoms with Crippen molar-refractivity contribution in [1.82, 2.24) is 20.4 Å². The van der Waals surface area contributed by atoms with Crippen molar-refractivity contribution < 1.29 is 18.3 Å². The number of H-pyrrole nitrogens is 2. The summed E-state index contributed by atoms with van der Waals surface area (Å²) in [6.45, 7) is 0. The van der Waals surface area contributed by atoms with Gasteiger partial charge in [0.25, 0.3) is 10.0 Å². The molecule has 0 fully saturated rings. The summed E-state index contributed by atoms with van der Waals surface area (Å²) >= 11 is 0. The van der Waals surface area contributed by atoms with E-state index >= 15 is 0 Å². The van der Waals surface area contributed by atoms with E-state index in [0.717, 1.165) is 17.1 Å². The predicted molar refractivity (Wildman–Crippen MR) is 72.4 cm³/mol. The van der Waals surface area contributed by atoms with E-state index in [1.54, 1.807) is 18.3 Å². The summed E-state index contributed by atoms with van der Waals surface area (Å²) in [7, 11) is -4.08. The van der Waals surface area contributed by atoms with Crippen LogP contribution >= 0.6 is 0 Å². The van der Waals surface area contributed by atoms with Gasteiger partial charge in [0, 0.05) is 11.1 Å². The quantitative estimate of drug-likeness (QED) is 0.561. The monoisotopic (exact) mass is 307 g/mol. The van der Waals surface area contributed by atoms with Crippen molar-refractivity contribution in [3.63, 3.8) is 0 Å². The number of hydrogen-bond donors (Lipinski definition) is 4. The number of rotatable bonds is 4. The molecule has 21 heavy (non-hydrogen) atoms. The molecular weight excluding hydrogens is 298 g/mol. The zero-order valence-corrected chi connectivity index (χ0v) is 11.2. The first kappa shape index (κ1) is 13.1. The van der Waals surface area contributed by atoms with E-state index < -0.39 is 26.6 Å². The zero-order valence-electron chi connectivity index (χ0n) is 10.4. The van der Waals surface area contributed by atoms with Crippen molar-refractivity contribution >= 4 is 32.6 Å². The number of anilines is 1. The van der Waals surface area contributed by atoms with Gasteiger partial charge in [-0.2, -0.15) is 18.6 Å². The summed E-state index contributed by atoms with van der Waals surface area (Å²) in [6, 6.07) is 4.77. The highest BCUT2D eigenvalue weighted by molar-refractivity contribution is 7.92. The Hall–Kier alpha value is -2.88. The average molecular weight is 307 g/mol. The van der Waals surface area contributed by atoms with Gasteiger partial charge in [-0.1, -0.05) is 0 Å². The van der Waals surface area contributed by atoms with Gasteiger partial charge in [0.05, 0.1) is 17.9 Å². The van der Waals surface area contributed by atoms with E-state index in [4.69, 9.17) is 5.11 Å². The Morgan fingerprint density at radius 3 is 2.71 bits per heavy atom. The molecule has 0 amide bonds. The molecule has 0 aliphatic carbocycles. The van der Waals surface area contributed by atoms with Gasteiger partial charge in [-0.25, -0.2) is 4.79 Å². The minimum absolute atomic E-state index is 0.287. The third kappa shape index (κ3) is 2.31. The zero-order chi connectivity index (χ0) is 15.0. The van der Waals surface area contributed by atoms with E-state index in [2.05, 4.69) is 25.1 Å². The fourth-order valence-corrected chi connectivity index (χ4v) is 2.99. The molecule has 0 saturated carbocycles. The number of aromatic nitrogens is 4. The summed E-state index contributed by atoms with van der Waals surface area (Å²) in [5.41, 5.74) is 0.618. The molecule has 10 heteroatoms. The highest BCUT2D eigenvalue weighted by Crippen LogP contribution is 2.21. The molecule has 1 aromatic carbocycles. The third-order valence-corrected chi connectivity index (χ3v) is 4.15. The van der Waals surface area contributed by atoms with E-state index in [1.807, 2.05) is 0 Å². The highest BCUT2D eigenvalue weighted by atomic mass is 32.2. The summed E-state index contributed by atoms with van der Waals surface area (Å²) < 4.78 is 26.7. The van der Waals surface area contributed by atoms with Crippen molar-refractivity contribution in [2.75, 3.05) is 4.72 Å². The molecule has 3 aromatic rings. The molecular formula is C11H9N5O4S. The van der Waals surface area contributed by atoms with Gasteiger partial charge >= 0.3 is 5.97 Å². The van der Waals surface area contributed by atoms with Crippen LogP contribution in [0.3, 0.4) is 0 Å². The van der Waals surface area contributed by atoms with Crippen LogP contribution in [0.4, 0.5) is 5.69 Å². The van der Waals surface area contributed by atoms with Crippen LogP contribution in [-0.4, -0.2) is 39.9 Å². The second kappa shape index (κ2) is 4.59. The van der Waals surface area contributed by atoms with Crippen molar-refractivity contribution in [3.05, 3.63) is 36.2 Å². The molecule has 0 bridgehead atoms. The van der Waals surface area contributed by atoms with Crippen LogP contribution in [0.1, 0.15) is 10.4 Å². The normalized spacial score (nSPS) is 11.6. The number of carboxylic acid groups (broad SMARTS) is 1. The van der Waals surface area contributed by atoms with Crippen molar-refractivity contribution in [1.29, 1.82) is 0 Å². The molecule has 108 valence electrons. The Labute approximate surface area is 118 Å². The molecule has 2 heterocycles. The van der Waals surface area contributed by atoms with Gasteiger partial charge in [-0.3, -0.25) is 14.9 Å². The molecule has 0 aliphatic heterocycles. The Balaban J connectivity index is 1.98. The number of nitrogens with zero attached hydrogens (tertiary/aromatic N) is 2. The molecule has 4 N–H and O–H groups in total. The number of aromatic carboxylic acids is 1. The van der Waals surface area contributed by atoms with Crippen LogP contribution < -0.4 is 4.72 Å². The van der Waals surface area contributed by atoms with Gasteiger partial charge in [-0.15, -0.1) is 0 Å². The first-order valence-corrected chi connectivity index (χ1v) is 7.18. The van der Waals surface area contributed by atoms with Crippen LogP contribution in [0.5, 0.6) is 0 Å². The largest absolute Gasteiger partial charge is 0.478 e. The Bertz CT molecular complexity index is 927. The predicted octanol–water partition coefficient (Wildman–Crippen LogP) is 0.785. The molecule has 0 spiro atoms. The number of aromatic amines is 2. The minimum Gasteiger partial charge on any atom is -0.478 e. The lowest BCUT2D eigenvalue weighted by Gasteiger charge is -2.07. The van der Waals surface area contributed by atoms with E-state index in [0.29, 0.717) is 0 Å². The van der Waals surface area contributed by atoms with Crippen LogP contribution in [0.2, 0.25) is 0 Å². The van der Waals surface area contributed by atoms with Gasteiger partial charge in [0.2, 0.25) is 0 Å². The molecule has 3 rings (SSSR count). The molecule has 0 atom stereocenters. The van der Waals surface area contributed by atoms with Crippen LogP contribution in [0, 0.1) is 0 Å². The minimum atomic E-state index is -4.08. The molecule has 0 aliphatic rings. The van der Waals surface area contributed by atoms with E-state index in [-0.39, 0.29) is 5.69 Å². The van der Waals surface area contributed by atoms with E-state index in [9.17, 15) is 13.2 Å². The SMILES string of the molecule is O=C(O)c1cn[nH]c1S(=O)(=O)Nc1ccc2[nH]ncc2c1. The maximum Gasteiger partial charge on any atom is 0.340 e. The van der Waals surface area contributed by atoms with Gasteiger partial charge in [0.15, 0.2) is 5.03 Å². The summed E-state index contributed by atoms with van der Waals surface area (Å²) in [5, 5.41) is 21.4. The molecule has 0 saturated heterocycles. The summed E-state index contributed by atoms with van der Waals surface area (Å²) in [6.07, 6.45) is 2.49. The Morgan fingerprint density at radius 2 is 1.95 bits per heavy atom. The van der Waals surface area contributed by atoms with Crippen LogP contribution in [-0.2, 0) is 10.0 Å². The summed E-state index contributed by atoms with van der Waals surface area (Å²) in [5.74, 6) is -1.38. The highest BCUT2D eigenvalue weighted by Gasteiger charge is 2.24. The lowest BCUT2D eigenvalue weighted by Crippen LogP contribution is -2.16. The third-order valence-electron chi connectivity index (χ3n) is 2.80. The van der Waals surface area contributed by atoms with Gasteiger partial charge in [-0.05, 0) is 18.2 Å². The number of carbonyl (C=O) groups is 1. The van der Waals surface area contributed by atoms with Crippen molar-refractivity contribution in [2.45, 2.75) is 5.03 Å². The number of nitrogens with one attached hydrogen (secondary N) is 3. The second-order valence-corrected chi connectivity index (χ2v) is 5.81. The molecule has 2 aromatic heterocycles. The lowest BCUT2D eigenvalue weighted by molar-refractivity contribution is 0.0692. The molecule has 9 nitrogen and oxygen atoms in total. The van der Waals surface area contributed by atoms with E-state index in [1.165, 1.54) is 6.07 Å². The number of carboxylic acids is 1. The summed E-state index contributed by atoms with van der Waals surface area (Å²) in [4.78, 5) is 11.0. The van der Waals surface area contributed by atoms with Gasteiger partial charge in [0.1, 0.15) is 5.56 Å². The first-order valence-electron chi connectivity index (χ1n) is 5.70. The van der Waals surface area contributed by atoms with Crippen LogP contribution in [0.25, 0.3) is 10.9 Å². The topological polar surface area (TPSA) is 141 Å². The van der Waals surface area contributed by atoms with Crippen molar-refractivity contribution in [2.24, 2.45) is 0 Å². The molecule has 0 unspecified atom stereocenters. The number of benzene rings is 1. The lowest BCUT2D eigenvalue weighted by atomic mass is 10.2. The Morgan fingerprint density at radius 1 is 1.19 bits per heavy atom. The van der Waals surface area contributed by atoms with Crippen molar-refractivity contribution in [3.8, 4) is 0 Å². The first-order chi connectivity index (χ1) is 9.97. The van der Waals surface area contributed by atoms with Crippen LogP contribution in [0.15, 0.2) is 35.6 Å². The maximum absolute atomic E-state index is 12.2. The number of sulfonamides is 1. The fraction of sp³-hybridized carbons (Fsp3) is 0. The smallest absolute Gasteiger partial charge is 0.340 e. The number of hydrogen-bond acceptors (Lipinski definition) is 5. The standard InChI is InChI=1S/C11H9N5O4S/c17-11(18)8-5-13-15-10(8)21(19,20)16-7-1-2-9-6(3-7)4-12-14-9/h1-5,16H,(H,12,14)(H,13,15)(H,17,18). The van der Waals surface area contributed by atoms with Gasteiger partial charge < -0.3 is 5.11 Å².